The first kappa shape index (κ1) is 29.2. The Morgan fingerprint density at radius 2 is 1.80 bits per heavy atom. The summed E-state index contributed by atoms with van der Waals surface area (Å²) in [7, 11) is -6.98. The lowest BCUT2D eigenvalue weighted by Gasteiger charge is -2.36. The number of primary amides is 1. The van der Waals surface area contributed by atoms with Gasteiger partial charge in [0.25, 0.3) is 5.91 Å². The predicted octanol–water partition coefficient (Wildman–Crippen LogP) is 2.27. The molecular weight excluding hydrogens is 563 g/mol. The maximum absolute atomic E-state index is 14.0. The van der Waals surface area contributed by atoms with Gasteiger partial charge in [0.05, 0.1) is 35.7 Å². The van der Waals surface area contributed by atoms with E-state index in [-0.39, 0.29) is 35.0 Å². The van der Waals surface area contributed by atoms with Crippen molar-refractivity contribution in [1.82, 2.24) is 4.90 Å². The van der Waals surface area contributed by atoms with Crippen LogP contribution in [0.5, 0.6) is 0 Å². The molecule has 0 bridgehead atoms. The van der Waals surface area contributed by atoms with Crippen molar-refractivity contribution in [2.75, 3.05) is 18.1 Å². The Morgan fingerprint density at radius 3 is 2.33 bits per heavy atom. The third kappa shape index (κ3) is 5.32. The average molecular weight is 593 g/mol. The van der Waals surface area contributed by atoms with Crippen LogP contribution in [0.15, 0.2) is 63.7 Å². The summed E-state index contributed by atoms with van der Waals surface area (Å²) in [6.45, 7) is 5.62. The van der Waals surface area contributed by atoms with Crippen LogP contribution in [0.1, 0.15) is 26.3 Å². The fraction of sp³-hybridized carbons (Fsp3) is 0.346. The number of hydrogen-bond donors (Lipinski definition) is 2. The van der Waals surface area contributed by atoms with E-state index in [9.17, 15) is 30.8 Å². The minimum atomic E-state index is -4.58. The number of fused-ring (bicyclic) bond motifs is 1. The van der Waals surface area contributed by atoms with E-state index in [1.54, 1.807) is 0 Å². The van der Waals surface area contributed by atoms with Crippen LogP contribution < -0.4 is 10.5 Å². The largest absolute Gasteiger partial charge is 0.498 e. The first-order valence-electron chi connectivity index (χ1n) is 12.0. The Labute approximate surface area is 231 Å². The lowest BCUT2D eigenvalue weighted by molar-refractivity contribution is -0.129. The van der Waals surface area contributed by atoms with Crippen LogP contribution in [0.3, 0.4) is 0 Å². The maximum atomic E-state index is 14.0. The van der Waals surface area contributed by atoms with Gasteiger partial charge in [-0.2, -0.15) is 0 Å². The molecule has 0 aromatic heterocycles. The number of sulfone groups is 1. The summed E-state index contributed by atoms with van der Waals surface area (Å²) >= 11 is 0. The Kier molecular flexibility index (Phi) is 7.30. The van der Waals surface area contributed by atoms with E-state index < -0.39 is 59.1 Å². The second-order valence-electron chi connectivity index (χ2n) is 10.7. The highest BCUT2D eigenvalue weighted by molar-refractivity contribution is 7.94. The molecular formula is C26H29FN4O7S2. The monoisotopic (exact) mass is 592 g/mol. The van der Waals surface area contributed by atoms with Crippen molar-refractivity contribution in [2.45, 2.75) is 43.5 Å². The lowest BCUT2D eigenvalue weighted by Crippen LogP contribution is -2.46. The van der Waals surface area contributed by atoms with E-state index >= 15 is 0 Å². The number of amides is 2. The Hall–Kier alpha value is -3.78. The van der Waals surface area contributed by atoms with Crippen molar-refractivity contribution >= 4 is 48.8 Å². The summed E-state index contributed by atoms with van der Waals surface area (Å²) < 4.78 is 72.2. The highest BCUT2D eigenvalue weighted by atomic mass is 32.2. The Balaban J connectivity index is 1.92. The van der Waals surface area contributed by atoms with Crippen LogP contribution in [0.2, 0.25) is 0 Å². The number of rotatable bonds is 7. The Bertz CT molecular complexity index is 1680. The molecule has 2 aliphatic heterocycles. The van der Waals surface area contributed by atoms with Gasteiger partial charge in [-0.3, -0.25) is 14.3 Å². The van der Waals surface area contributed by atoms with Gasteiger partial charge in [-0.05, 0) is 41.3 Å². The van der Waals surface area contributed by atoms with Crippen molar-refractivity contribution in [3.05, 3.63) is 65.2 Å². The third-order valence-corrected chi connectivity index (χ3v) is 9.09. The number of anilines is 1. The van der Waals surface area contributed by atoms with Crippen LogP contribution in [-0.2, 0) is 40.7 Å². The number of ether oxygens (including phenoxy) is 1. The van der Waals surface area contributed by atoms with E-state index in [1.807, 2.05) is 20.8 Å². The molecule has 2 atom stereocenters. The maximum Gasteiger partial charge on any atom is 0.260 e. The second-order valence-corrected chi connectivity index (χ2v) is 14.4. The van der Waals surface area contributed by atoms with E-state index in [2.05, 4.69) is 9.71 Å². The zero-order chi connectivity index (χ0) is 29.8. The van der Waals surface area contributed by atoms with E-state index in [0.29, 0.717) is 5.56 Å². The van der Waals surface area contributed by atoms with Crippen LogP contribution in [0, 0.1) is 11.2 Å². The van der Waals surface area contributed by atoms with Crippen LogP contribution in [0.25, 0.3) is 0 Å². The number of benzene rings is 2. The summed E-state index contributed by atoms with van der Waals surface area (Å²) in [6.07, 6.45) is 0.900. The third-order valence-electron chi connectivity index (χ3n) is 6.47. The molecule has 0 aliphatic carbocycles. The van der Waals surface area contributed by atoms with E-state index in [1.165, 1.54) is 48.4 Å². The summed E-state index contributed by atoms with van der Waals surface area (Å²) in [5.74, 6) is -2.25. The summed E-state index contributed by atoms with van der Waals surface area (Å²) in [6, 6.07) is 8.50. The van der Waals surface area contributed by atoms with Crippen LogP contribution >= 0.6 is 0 Å². The van der Waals surface area contributed by atoms with Gasteiger partial charge in [-0.1, -0.05) is 32.9 Å². The van der Waals surface area contributed by atoms with Gasteiger partial charge >= 0.3 is 0 Å². The van der Waals surface area contributed by atoms with Gasteiger partial charge in [0.15, 0.2) is 15.1 Å². The highest BCUT2D eigenvalue weighted by Crippen LogP contribution is 2.43. The van der Waals surface area contributed by atoms with Crippen LogP contribution in [0.4, 0.5) is 15.8 Å². The van der Waals surface area contributed by atoms with Gasteiger partial charge in [0.1, 0.15) is 17.1 Å². The SMILES string of the molecule is COC1=C(C2=Nc3ccc(NS(C)(=O)=O)cc3S(=O)(=O)C2C(N)=O)C(=O)N(Cc2ccc(F)cc2)[C@H]1C(C)(C)C. The van der Waals surface area contributed by atoms with Crippen molar-refractivity contribution in [3.63, 3.8) is 0 Å². The molecule has 14 heteroatoms. The number of aliphatic imine (C=N–C) groups is 1. The zero-order valence-corrected chi connectivity index (χ0v) is 24.1. The first-order chi connectivity index (χ1) is 18.5. The first-order valence-corrected chi connectivity index (χ1v) is 15.5. The minimum absolute atomic E-state index is 0.0375. The average Bonchev–Trinajstić information content (AvgIpc) is 3.10. The second kappa shape index (κ2) is 10.0. The molecule has 0 spiro atoms. The van der Waals surface area contributed by atoms with Crippen molar-refractivity contribution < 1.29 is 35.6 Å². The fourth-order valence-electron chi connectivity index (χ4n) is 4.95. The van der Waals surface area contributed by atoms with Crippen molar-refractivity contribution in [1.29, 1.82) is 0 Å². The minimum Gasteiger partial charge on any atom is -0.498 e. The zero-order valence-electron chi connectivity index (χ0n) is 22.4. The van der Waals surface area contributed by atoms with Crippen molar-refractivity contribution in [2.24, 2.45) is 16.1 Å². The number of halogens is 1. The molecule has 0 radical (unpaired) electrons. The molecule has 3 N–H and O–H groups in total. The molecule has 11 nitrogen and oxygen atoms in total. The molecule has 2 amide bonds. The van der Waals surface area contributed by atoms with Gasteiger partial charge in [-0.25, -0.2) is 26.2 Å². The van der Waals surface area contributed by atoms with Gasteiger partial charge in [0.2, 0.25) is 15.9 Å². The van der Waals surface area contributed by atoms with Gasteiger partial charge < -0.3 is 15.4 Å². The molecule has 2 aromatic rings. The normalized spacial score (nSPS) is 20.7. The molecule has 0 fully saturated rings. The molecule has 4 rings (SSSR count). The van der Waals surface area contributed by atoms with Crippen LogP contribution in [-0.4, -0.2) is 63.9 Å². The predicted molar refractivity (Wildman–Crippen MR) is 146 cm³/mol. The number of nitrogens with two attached hydrogens (primary N) is 1. The lowest BCUT2D eigenvalue weighted by atomic mass is 9.84. The number of methoxy groups -OCH3 is 1. The van der Waals surface area contributed by atoms with Gasteiger partial charge in [-0.15, -0.1) is 0 Å². The number of sulfonamides is 1. The summed E-state index contributed by atoms with van der Waals surface area (Å²) in [5.41, 5.74) is 4.82. The van der Waals surface area contributed by atoms with Gasteiger partial charge in [0, 0.05) is 12.2 Å². The quantitative estimate of drug-likeness (QED) is 0.498. The number of hydrogen-bond acceptors (Lipinski definition) is 8. The molecule has 2 aliphatic rings. The molecule has 1 unspecified atom stereocenters. The van der Waals surface area contributed by atoms with E-state index in [0.717, 1.165) is 12.3 Å². The number of nitrogens with one attached hydrogen (secondary N) is 1. The highest BCUT2D eigenvalue weighted by Gasteiger charge is 2.52. The topological polar surface area (TPSA) is 165 Å². The molecule has 0 saturated carbocycles. The molecule has 0 saturated heterocycles. The summed E-state index contributed by atoms with van der Waals surface area (Å²) in [4.78, 5) is 32.1. The standard InChI is InChI=1S/C26H29FN4O7S2/c1-26(2,3)23-21(38-4)19(25(33)31(23)13-14-6-8-15(27)9-7-14)20-22(24(28)32)40(36,37)18-12-16(30-39(5,34)35)10-11-17(18)29-20/h6-12,22-23,30H,13H2,1-5H3,(H2,28,32)/t22?,23-/m1/s1. The molecule has 40 heavy (non-hydrogen) atoms. The number of carbonyl (C=O) groups is 2. The molecule has 214 valence electrons. The smallest absolute Gasteiger partial charge is 0.260 e. The van der Waals surface area contributed by atoms with Crippen molar-refractivity contribution in [3.8, 4) is 0 Å². The molecule has 2 heterocycles. The molecule has 2 aromatic carbocycles. The fourth-order valence-corrected chi connectivity index (χ4v) is 7.23. The number of nitrogens with zero attached hydrogens (tertiary/aromatic N) is 2. The number of carbonyl (C=O) groups excluding carboxylic acids is 2. The summed E-state index contributed by atoms with van der Waals surface area (Å²) in [5, 5.41) is -2.05. The van der Waals surface area contributed by atoms with E-state index in [4.69, 9.17) is 10.5 Å². The Morgan fingerprint density at radius 1 is 1.18 bits per heavy atom.